The van der Waals surface area contributed by atoms with Crippen LogP contribution >= 0.6 is 0 Å². The SMILES string of the molecule is CC(C)C[C@@H]([NH3+])[C@H](O)C(F)(F)F. The predicted molar refractivity (Wildman–Crippen MR) is 38.2 cm³/mol. The van der Waals surface area contributed by atoms with Gasteiger partial charge in [-0.2, -0.15) is 13.2 Å². The molecule has 0 aromatic carbocycles. The van der Waals surface area contributed by atoms with Gasteiger partial charge in [-0.3, -0.25) is 0 Å². The molecule has 0 heterocycles. The van der Waals surface area contributed by atoms with Crippen LogP contribution < -0.4 is 5.73 Å². The minimum Gasteiger partial charge on any atom is -0.379 e. The maximum Gasteiger partial charge on any atom is 0.420 e. The highest BCUT2D eigenvalue weighted by atomic mass is 19.4. The molecule has 0 aliphatic carbocycles. The first kappa shape index (κ1) is 11.7. The van der Waals surface area contributed by atoms with Crippen LogP contribution in [0.2, 0.25) is 0 Å². The van der Waals surface area contributed by atoms with E-state index in [1.54, 1.807) is 13.8 Å². The molecular weight excluding hydrogens is 171 g/mol. The van der Waals surface area contributed by atoms with Crippen molar-refractivity contribution in [3.63, 3.8) is 0 Å². The fourth-order valence-corrected chi connectivity index (χ4v) is 1.00. The Bertz CT molecular complexity index is 135. The Kier molecular flexibility index (Phi) is 3.99. The van der Waals surface area contributed by atoms with Crippen LogP contribution in [-0.4, -0.2) is 23.4 Å². The van der Waals surface area contributed by atoms with Gasteiger partial charge in [-0.25, -0.2) is 0 Å². The molecule has 0 aliphatic rings. The van der Waals surface area contributed by atoms with Crippen LogP contribution in [-0.2, 0) is 0 Å². The molecule has 0 spiro atoms. The van der Waals surface area contributed by atoms with E-state index in [0.29, 0.717) is 0 Å². The Morgan fingerprint density at radius 2 is 1.75 bits per heavy atom. The molecule has 74 valence electrons. The lowest BCUT2D eigenvalue weighted by molar-refractivity contribution is -0.458. The van der Waals surface area contributed by atoms with Crippen molar-refractivity contribution in [2.24, 2.45) is 5.92 Å². The van der Waals surface area contributed by atoms with Gasteiger partial charge in [0.1, 0.15) is 6.04 Å². The van der Waals surface area contributed by atoms with E-state index in [1.165, 1.54) is 0 Å². The minimum absolute atomic E-state index is 0.115. The van der Waals surface area contributed by atoms with Gasteiger partial charge >= 0.3 is 6.18 Å². The molecule has 0 saturated heterocycles. The number of rotatable bonds is 3. The summed E-state index contributed by atoms with van der Waals surface area (Å²) in [6, 6.07) is -0.968. The second-order valence-electron chi connectivity index (χ2n) is 3.38. The Morgan fingerprint density at radius 3 is 2.00 bits per heavy atom. The number of aliphatic hydroxyl groups is 1. The third-order valence-corrected chi connectivity index (χ3v) is 1.56. The van der Waals surface area contributed by atoms with E-state index < -0.39 is 18.3 Å². The van der Waals surface area contributed by atoms with Gasteiger partial charge in [-0.05, 0) is 5.92 Å². The van der Waals surface area contributed by atoms with Crippen molar-refractivity contribution in [2.75, 3.05) is 0 Å². The molecule has 0 bridgehead atoms. The molecule has 4 N–H and O–H groups in total. The first-order valence-electron chi connectivity index (χ1n) is 3.83. The molecule has 0 aromatic rings. The summed E-state index contributed by atoms with van der Waals surface area (Å²) in [7, 11) is 0. The summed E-state index contributed by atoms with van der Waals surface area (Å²) >= 11 is 0. The summed E-state index contributed by atoms with van der Waals surface area (Å²) in [5.74, 6) is 0.115. The van der Waals surface area contributed by atoms with Gasteiger partial charge in [0, 0.05) is 6.42 Å². The van der Waals surface area contributed by atoms with Gasteiger partial charge < -0.3 is 10.8 Å². The van der Waals surface area contributed by atoms with Gasteiger partial charge in [-0.15, -0.1) is 0 Å². The maximum absolute atomic E-state index is 11.9. The lowest BCUT2D eigenvalue weighted by Gasteiger charge is -2.19. The van der Waals surface area contributed by atoms with Crippen molar-refractivity contribution in [1.82, 2.24) is 0 Å². The molecule has 0 radical (unpaired) electrons. The molecule has 0 fully saturated rings. The zero-order valence-corrected chi connectivity index (χ0v) is 7.23. The molecule has 2 atom stereocenters. The molecular formula is C7H15F3NO+. The summed E-state index contributed by atoms with van der Waals surface area (Å²) in [6.45, 7) is 3.59. The van der Waals surface area contributed by atoms with Crippen molar-refractivity contribution in [2.45, 2.75) is 38.6 Å². The van der Waals surface area contributed by atoms with Crippen molar-refractivity contribution >= 4 is 0 Å². The molecule has 0 aromatic heterocycles. The minimum atomic E-state index is -4.54. The largest absolute Gasteiger partial charge is 0.420 e. The summed E-state index contributed by atoms with van der Waals surface area (Å²) in [5.41, 5.74) is 3.27. The summed E-state index contributed by atoms with van der Waals surface area (Å²) in [6.07, 6.45) is -6.55. The standard InChI is InChI=1S/C7H14F3NO/c1-4(2)3-5(11)6(12)7(8,9)10/h4-6,12H,3,11H2,1-2H3/p+1/t5-,6+/m1/s1. The Balaban J connectivity index is 4.01. The monoisotopic (exact) mass is 186 g/mol. The van der Waals surface area contributed by atoms with E-state index >= 15 is 0 Å². The topological polar surface area (TPSA) is 47.9 Å². The number of aliphatic hydroxyl groups excluding tert-OH is 1. The van der Waals surface area contributed by atoms with E-state index in [-0.39, 0.29) is 12.3 Å². The molecule has 0 saturated carbocycles. The van der Waals surface area contributed by atoms with Gasteiger partial charge in [-0.1, -0.05) is 13.8 Å². The zero-order chi connectivity index (χ0) is 9.94. The van der Waals surface area contributed by atoms with E-state index in [2.05, 4.69) is 5.73 Å². The van der Waals surface area contributed by atoms with Crippen LogP contribution in [0.15, 0.2) is 0 Å². The van der Waals surface area contributed by atoms with Crippen LogP contribution in [0.4, 0.5) is 13.2 Å². The molecule has 0 aliphatic heterocycles. The van der Waals surface area contributed by atoms with Crippen LogP contribution in [0.3, 0.4) is 0 Å². The number of quaternary nitrogens is 1. The highest BCUT2D eigenvalue weighted by molar-refractivity contribution is 4.73. The Labute approximate surface area is 69.6 Å². The molecule has 0 amide bonds. The lowest BCUT2D eigenvalue weighted by atomic mass is 10.00. The van der Waals surface area contributed by atoms with E-state index in [4.69, 9.17) is 5.11 Å². The first-order chi connectivity index (χ1) is 5.25. The smallest absolute Gasteiger partial charge is 0.379 e. The maximum atomic E-state index is 11.9. The second kappa shape index (κ2) is 4.09. The van der Waals surface area contributed by atoms with Crippen molar-refractivity contribution < 1.29 is 24.0 Å². The molecule has 0 rings (SSSR count). The Hall–Kier alpha value is -0.290. The van der Waals surface area contributed by atoms with Crippen LogP contribution in [0.5, 0.6) is 0 Å². The number of alkyl halides is 3. The zero-order valence-electron chi connectivity index (χ0n) is 7.23. The summed E-state index contributed by atoms with van der Waals surface area (Å²) in [4.78, 5) is 0. The van der Waals surface area contributed by atoms with E-state index in [0.717, 1.165) is 0 Å². The number of hydrogen-bond donors (Lipinski definition) is 2. The number of halogens is 3. The van der Waals surface area contributed by atoms with E-state index in [9.17, 15) is 13.2 Å². The quantitative estimate of drug-likeness (QED) is 0.665. The normalized spacial score (nSPS) is 18.0. The van der Waals surface area contributed by atoms with Crippen LogP contribution in [0.1, 0.15) is 20.3 Å². The van der Waals surface area contributed by atoms with Gasteiger partial charge in [0.05, 0.1) is 0 Å². The molecule has 12 heavy (non-hydrogen) atoms. The summed E-state index contributed by atoms with van der Waals surface area (Å²) < 4.78 is 35.6. The van der Waals surface area contributed by atoms with Crippen LogP contribution in [0, 0.1) is 5.92 Å². The third-order valence-electron chi connectivity index (χ3n) is 1.56. The predicted octanol–water partition coefficient (Wildman–Crippen LogP) is 0.566. The Morgan fingerprint density at radius 1 is 1.33 bits per heavy atom. The highest BCUT2D eigenvalue weighted by Gasteiger charge is 2.44. The summed E-state index contributed by atoms with van der Waals surface area (Å²) in [5, 5.41) is 8.72. The molecule has 5 heteroatoms. The van der Waals surface area contributed by atoms with E-state index in [1.807, 2.05) is 0 Å². The number of hydrogen-bond acceptors (Lipinski definition) is 1. The fraction of sp³-hybridized carbons (Fsp3) is 1.00. The highest BCUT2D eigenvalue weighted by Crippen LogP contribution is 2.23. The average Bonchev–Trinajstić information content (AvgIpc) is 1.82. The van der Waals surface area contributed by atoms with Gasteiger partial charge in [0.25, 0.3) is 0 Å². The first-order valence-corrected chi connectivity index (χ1v) is 3.83. The average molecular weight is 186 g/mol. The fourth-order valence-electron chi connectivity index (χ4n) is 1.00. The van der Waals surface area contributed by atoms with Gasteiger partial charge in [0.15, 0.2) is 0 Å². The van der Waals surface area contributed by atoms with Gasteiger partial charge in [0.2, 0.25) is 6.10 Å². The second-order valence-corrected chi connectivity index (χ2v) is 3.38. The van der Waals surface area contributed by atoms with Crippen LogP contribution in [0.25, 0.3) is 0 Å². The lowest BCUT2D eigenvalue weighted by Crippen LogP contribution is -2.69. The molecule has 2 nitrogen and oxygen atoms in total. The third kappa shape index (κ3) is 3.92. The van der Waals surface area contributed by atoms with Crippen molar-refractivity contribution in [3.8, 4) is 0 Å². The van der Waals surface area contributed by atoms with Crippen molar-refractivity contribution in [1.29, 1.82) is 0 Å². The molecule has 0 unspecified atom stereocenters. The van der Waals surface area contributed by atoms with Crippen molar-refractivity contribution in [3.05, 3.63) is 0 Å².